The lowest BCUT2D eigenvalue weighted by Gasteiger charge is -2.21. The highest BCUT2D eigenvalue weighted by Crippen LogP contribution is 2.59. The third-order valence-electron chi connectivity index (χ3n) is 1.89. The van der Waals surface area contributed by atoms with E-state index in [-0.39, 0.29) is 11.6 Å². The zero-order chi connectivity index (χ0) is 14.0. The molecule has 0 aliphatic rings. The van der Waals surface area contributed by atoms with Crippen LogP contribution in [-0.2, 0) is 9.13 Å². The summed E-state index contributed by atoms with van der Waals surface area (Å²) in [5.74, 6) is -0.0685. The van der Waals surface area contributed by atoms with Crippen LogP contribution in [0.1, 0.15) is 0 Å². The van der Waals surface area contributed by atoms with Crippen LogP contribution in [0.15, 0.2) is 18.3 Å². The third-order valence-corrected chi connectivity index (χ3v) is 5.23. The lowest BCUT2D eigenvalue weighted by Crippen LogP contribution is -2.20. The smallest absolute Gasteiger partial charge is 0.360 e. The normalized spacial score (nSPS) is 12.6. The summed E-state index contributed by atoms with van der Waals surface area (Å²) in [7, 11) is -8.84. The second-order valence-corrected chi connectivity index (χ2v) is 7.05. The molecular weight excluding hydrogens is 286 g/mol. The molecule has 18 heavy (non-hydrogen) atoms. The molecule has 0 saturated heterocycles. The summed E-state index contributed by atoms with van der Waals surface area (Å²) in [6, 6.07) is 2.92. The van der Waals surface area contributed by atoms with Crippen LogP contribution < -0.4 is 10.1 Å². The fourth-order valence-corrected chi connectivity index (χ4v) is 3.30. The molecule has 0 aliphatic heterocycles. The highest BCUT2D eigenvalue weighted by atomic mass is 31.2. The molecule has 0 aliphatic carbocycles. The zero-order valence-corrected chi connectivity index (χ0v) is 11.0. The number of nitrogens with zero attached hydrogens (tertiary/aromatic N) is 1. The topological polar surface area (TPSA) is 149 Å². The Balaban J connectivity index is 3.13. The van der Waals surface area contributed by atoms with Gasteiger partial charge in [0.25, 0.3) is 0 Å². The number of anilines is 1. The minimum absolute atomic E-state index is 0.101. The van der Waals surface area contributed by atoms with E-state index in [9.17, 15) is 9.13 Å². The first kappa shape index (κ1) is 15.1. The molecule has 0 aromatic carbocycles. The van der Waals surface area contributed by atoms with Gasteiger partial charge in [-0.3, -0.25) is 9.13 Å². The Kier molecular flexibility index (Phi) is 4.50. The van der Waals surface area contributed by atoms with Crippen molar-refractivity contribution in [3.63, 3.8) is 0 Å². The van der Waals surface area contributed by atoms with Crippen LogP contribution in [0.4, 0.5) is 5.82 Å². The predicted molar refractivity (Wildman–Crippen MR) is 62.3 cm³/mol. The average molecular weight is 298 g/mol. The van der Waals surface area contributed by atoms with E-state index in [4.69, 9.17) is 24.3 Å². The molecule has 102 valence electrons. The van der Waals surface area contributed by atoms with Crippen molar-refractivity contribution in [3.8, 4) is 5.75 Å². The molecule has 0 unspecified atom stereocenters. The number of aromatic nitrogens is 1. The predicted octanol–water partition coefficient (Wildman–Crippen LogP) is 0.141. The van der Waals surface area contributed by atoms with Gasteiger partial charge in [-0.15, -0.1) is 0 Å². The summed E-state index contributed by atoms with van der Waals surface area (Å²) in [6.07, 6.45) is 1.28. The second kappa shape index (κ2) is 5.36. The van der Waals surface area contributed by atoms with Gasteiger partial charge in [0.2, 0.25) is 5.52 Å². The Labute approximate surface area is 102 Å². The first-order valence-electron chi connectivity index (χ1n) is 4.52. The van der Waals surface area contributed by atoms with Gasteiger partial charge in [0, 0.05) is 6.20 Å². The monoisotopic (exact) mass is 298 g/mol. The largest absolute Gasteiger partial charge is 0.493 e. The van der Waals surface area contributed by atoms with Crippen LogP contribution in [0.25, 0.3) is 0 Å². The minimum atomic E-state index is -5.06. The maximum Gasteiger partial charge on any atom is 0.360 e. The third kappa shape index (κ3) is 3.78. The van der Waals surface area contributed by atoms with Gasteiger partial charge in [-0.1, -0.05) is 0 Å². The van der Waals surface area contributed by atoms with Crippen molar-refractivity contribution in [2.24, 2.45) is 0 Å². The Morgan fingerprint density at radius 1 is 1.28 bits per heavy atom. The molecule has 11 heteroatoms. The first-order chi connectivity index (χ1) is 8.16. The van der Waals surface area contributed by atoms with Crippen molar-refractivity contribution >= 4 is 21.0 Å². The van der Waals surface area contributed by atoms with Crippen LogP contribution in [0.2, 0.25) is 0 Å². The van der Waals surface area contributed by atoms with Crippen LogP contribution in [0.5, 0.6) is 5.75 Å². The standard InChI is InChI=1S/C7H12N2O7P2/c1-16-5-3-2-4-8-6(5)9-7(17(10,11)12)18(13,14)15/h2-4,7H,1H3,(H,8,9)(H2,10,11,12)(H2,13,14,15). The number of nitrogens with one attached hydrogen (secondary N) is 1. The molecule has 1 rings (SSSR count). The van der Waals surface area contributed by atoms with E-state index < -0.39 is 20.7 Å². The van der Waals surface area contributed by atoms with E-state index in [2.05, 4.69) is 4.98 Å². The van der Waals surface area contributed by atoms with Gasteiger partial charge >= 0.3 is 15.2 Å². The Morgan fingerprint density at radius 3 is 2.28 bits per heavy atom. The lowest BCUT2D eigenvalue weighted by atomic mass is 10.4. The summed E-state index contributed by atoms with van der Waals surface area (Å²) in [6.45, 7) is 0. The van der Waals surface area contributed by atoms with Gasteiger partial charge in [-0.25, -0.2) is 4.98 Å². The van der Waals surface area contributed by atoms with Crippen molar-refractivity contribution < 1.29 is 33.4 Å². The molecule has 0 amide bonds. The minimum Gasteiger partial charge on any atom is -0.493 e. The zero-order valence-electron chi connectivity index (χ0n) is 9.16. The number of pyridine rings is 1. The highest BCUT2D eigenvalue weighted by Gasteiger charge is 2.44. The summed E-state index contributed by atoms with van der Waals surface area (Å²) in [5.41, 5.74) is -2.37. The van der Waals surface area contributed by atoms with E-state index in [0.717, 1.165) is 0 Å². The molecule has 1 aromatic heterocycles. The molecular formula is C7H12N2O7P2. The van der Waals surface area contributed by atoms with Crippen molar-refractivity contribution in [2.45, 2.75) is 5.52 Å². The van der Waals surface area contributed by atoms with Crippen molar-refractivity contribution in [2.75, 3.05) is 12.4 Å². The van der Waals surface area contributed by atoms with E-state index in [0.29, 0.717) is 0 Å². The van der Waals surface area contributed by atoms with Gasteiger partial charge < -0.3 is 29.6 Å². The SMILES string of the molecule is COc1cccnc1NC(P(=O)(O)O)P(=O)(O)O. The summed E-state index contributed by atoms with van der Waals surface area (Å²) < 4.78 is 26.9. The molecule has 1 heterocycles. The lowest BCUT2D eigenvalue weighted by molar-refractivity contribution is 0.343. The number of rotatable bonds is 5. The van der Waals surface area contributed by atoms with Crippen LogP contribution in [0.3, 0.4) is 0 Å². The summed E-state index contributed by atoms with van der Waals surface area (Å²) in [5, 5.41) is 2.02. The van der Waals surface area contributed by atoms with Gasteiger partial charge in [-0.05, 0) is 12.1 Å². The summed E-state index contributed by atoms with van der Waals surface area (Å²) >= 11 is 0. The quantitative estimate of drug-likeness (QED) is 0.478. The van der Waals surface area contributed by atoms with Crippen LogP contribution in [0, 0.1) is 0 Å². The van der Waals surface area contributed by atoms with Gasteiger partial charge in [0.05, 0.1) is 7.11 Å². The molecule has 0 bridgehead atoms. The Bertz CT molecular complexity index is 488. The maximum atomic E-state index is 11.1. The first-order valence-corrected chi connectivity index (χ1v) is 7.88. The number of hydrogen-bond acceptors (Lipinski definition) is 5. The van der Waals surface area contributed by atoms with Gasteiger partial charge in [-0.2, -0.15) is 0 Å². The Morgan fingerprint density at radius 2 is 1.83 bits per heavy atom. The van der Waals surface area contributed by atoms with E-state index in [1.54, 1.807) is 0 Å². The molecule has 0 radical (unpaired) electrons. The molecule has 0 saturated carbocycles. The van der Waals surface area contributed by atoms with Crippen molar-refractivity contribution in [1.82, 2.24) is 4.98 Å². The number of ether oxygens (including phenoxy) is 1. The second-order valence-electron chi connectivity index (χ2n) is 3.25. The average Bonchev–Trinajstić information content (AvgIpc) is 2.23. The van der Waals surface area contributed by atoms with Crippen LogP contribution in [-0.4, -0.2) is 37.2 Å². The molecule has 0 fully saturated rings. The van der Waals surface area contributed by atoms with E-state index in [1.165, 1.54) is 25.4 Å². The molecule has 9 nitrogen and oxygen atoms in total. The highest BCUT2D eigenvalue weighted by molar-refractivity contribution is 7.71. The summed E-state index contributed by atoms with van der Waals surface area (Å²) in [4.78, 5) is 39.4. The molecule has 0 atom stereocenters. The van der Waals surface area contributed by atoms with E-state index in [1.807, 2.05) is 5.32 Å². The van der Waals surface area contributed by atoms with Crippen LogP contribution >= 0.6 is 15.2 Å². The van der Waals surface area contributed by atoms with Gasteiger partial charge in [0.1, 0.15) is 0 Å². The molecule has 0 spiro atoms. The van der Waals surface area contributed by atoms with Gasteiger partial charge in [0.15, 0.2) is 11.6 Å². The number of methoxy groups -OCH3 is 1. The van der Waals surface area contributed by atoms with Crippen molar-refractivity contribution in [3.05, 3.63) is 18.3 Å². The van der Waals surface area contributed by atoms with E-state index >= 15 is 0 Å². The Hall–Kier alpha value is -0.950. The molecule has 5 N–H and O–H groups in total. The fourth-order valence-electron chi connectivity index (χ4n) is 1.15. The fraction of sp³-hybridized carbons (Fsp3) is 0.286. The number of hydrogen-bond donors (Lipinski definition) is 5. The molecule has 1 aromatic rings. The van der Waals surface area contributed by atoms with Crippen molar-refractivity contribution in [1.29, 1.82) is 0 Å². The maximum absolute atomic E-state index is 11.1.